The lowest BCUT2D eigenvalue weighted by Gasteiger charge is -2.33. The van der Waals surface area contributed by atoms with Crippen LogP contribution < -0.4 is 9.47 Å². The zero-order valence-electron chi connectivity index (χ0n) is 15.2. The Morgan fingerprint density at radius 1 is 1.25 bits per heavy atom. The molecule has 1 fully saturated rings. The SMILES string of the molecule is Cc1cc(OCC2CN(C(=O)c3ccc(OC(F)F)cc3)CCO2)ccc1Cl. The van der Waals surface area contributed by atoms with E-state index in [-0.39, 0.29) is 17.8 Å². The van der Waals surface area contributed by atoms with Gasteiger partial charge in [-0.25, -0.2) is 0 Å². The molecule has 0 bridgehead atoms. The number of hydrogen-bond donors (Lipinski definition) is 0. The van der Waals surface area contributed by atoms with Gasteiger partial charge in [0.25, 0.3) is 5.91 Å². The minimum absolute atomic E-state index is 0.0121. The normalized spacial score (nSPS) is 16.9. The third-order valence-corrected chi connectivity index (χ3v) is 4.74. The first-order valence-corrected chi connectivity index (χ1v) is 9.15. The lowest BCUT2D eigenvalue weighted by atomic mass is 10.1. The molecule has 1 atom stereocenters. The van der Waals surface area contributed by atoms with Crippen molar-refractivity contribution in [3.8, 4) is 11.5 Å². The van der Waals surface area contributed by atoms with Crippen LogP contribution in [0.25, 0.3) is 0 Å². The summed E-state index contributed by atoms with van der Waals surface area (Å²) in [5, 5.41) is 0.669. The van der Waals surface area contributed by atoms with Crippen LogP contribution in [0.4, 0.5) is 8.78 Å². The van der Waals surface area contributed by atoms with Crippen molar-refractivity contribution in [1.29, 1.82) is 0 Å². The van der Waals surface area contributed by atoms with E-state index < -0.39 is 6.61 Å². The van der Waals surface area contributed by atoms with Gasteiger partial charge < -0.3 is 19.1 Å². The highest BCUT2D eigenvalue weighted by Gasteiger charge is 2.25. The fraction of sp³-hybridized carbons (Fsp3) is 0.350. The van der Waals surface area contributed by atoms with E-state index in [0.29, 0.717) is 42.6 Å². The van der Waals surface area contributed by atoms with Gasteiger partial charge in [-0.3, -0.25) is 4.79 Å². The molecule has 0 N–H and O–H groups in total. The zero-order chi connectivity index (χ0) is 20.1. The number of hydrogen-bond acceptors (Lipinski definition) is 4. The second-order valence-corrected chi connectivity index (χ2v) is 6.78. The number of carbonyl (C=O) groups is 1. The van der Waals surface area contributed by atoms with Crippen molar-refractivity contribution in [3.05, 3.63) is 58.6 Å². The van der Waals surface area contributed by atoms with E-state index >= 15 is 0 Å². The molecule has 28 heavy (non-hydrogen) atoms. The molecule has 150 valence electrons. The summed E-state index contributed by atoms with van der Waals surface area (Å²) in [6.45, 7) is 0.513. The number of rotatable bonds is 6. The Morgan fingerprint density at radius 2 is 1.96 bits per heavy atom. The third kappa shape index (κ3) is 5.33. The molecular weight excluding hydrogens is 392 g/mol. The quantitative estimate of drug-likeness (QED) is 0.715. The first-order chi connectivity index (χ1) is 13.4. The lowest BCUT2D eigenvalue weighted by Crippen LogP contribution is -2.47. The van der Waals surface area contributed by atoms with Crippen molar-refractivity contribution in [3.63, 3.8) is 0 Å². The smallest absolute Gasteiger partial charge is 0.387 e. The molecule has 2 aromatic rings. The molecule has 5 nitrogen and oxygen atoms in total. The Balaban J connectivity index is 1.56. The molecule has 0 saturated carbocycles. The predicted octanol–water partition coefficient (Wildman–Crippen LogP) is 4.17. The summed E-state index contributed by atoms with van der Waals surface area (Å²) < 4.78 is 40.2. The number of alkyl halides is 2. The Morgan fingerprint density at radius 3 is 2.64 bits per heavy atom. The lowest BCUT2D eigenvalue weighted by molar-refractivity contribution is -0.0498. The number of morpholine rings is 1. The summed E-state index contributed by atoms with van der Waals surface area (Å²) in [4.78, 5) is 14.3. The zero-order valence-corrected chi connectivity index (χ0v) is 16.0. The van der Waals surface area contributed by atoms with Crippen LogP contribution in [-0.2, 0) is 4.74 Å². The number of aryl methyl sites for hydroxylation is 1. The Hall–Kier alpha value is -2.38. The summed E-state index contributed by atoms with van der Waals surface area (Å²) in [5.74, 6) is 0.501. The minimum Gasteiger partial charge on any atom is -0.491 e. The molecule has 8 heteroatoms. The highest BCUT2D eigenvalue weighted by atomic mass is 35.5. The minimum atomic E-state index is -2.90. The van der Waals surface area contributed by atoms with Crippen molar-refractivity contribution in [2.75, 3.05) is 26.3 Å². The number of nitrogens with zero attached hydrogens (tertiary/aromatic N) is 1. The number of benzene rings is 2. The number of halogens is 3. The van der Waals surface area contributed by atoms with E-state index in [1.165, 1.54) is 24.3 Å². The highest BCUT2D eigenvalue weighted by molar-refractivity contribution is 6.31. The average Bonchev–Trinajstić information content (AvgIpc) is 2.69. The largest absolute Gasteiger partial charge is 0.491 e. The summed E-state index contributed by atoms with van der Waals surface area (Å²) >= 11 is 6.01. The standard InChI is InChI=1S/C20H20ClF2NO4/c1-13-10-16(6-7-18(13)21)27-12-17-11-24(8-9-26-17)19(25)14-2-4-15(5-3-14)28-20(22)23/h2-7,10,17,20H,8-9,11-12H2,1H3. The number of amides is 1. The second-order valence-electron chi connectivity index (χ2n) is 6.37. The summed E-state index contributed by atoms with van der Waals surface area (Å²) in [6, 6.07) is 11.0. The number of ether oxygens (including phenoxy) is 3. The van der Waals surface area contributed by atoms with Gasteiger partial charge in [0, 0.05) is 17.1 Å². The van der Waals surface area contributed by atoms with Gasteiger partial charge in [-0.15, -0.1) is 0 Å². The van der Waals surface area contributed by atoms with Crippen LogP contribution in [0.5, 0.6) is 11.5 Å². The Kier molecular flexibility index (Phi) is 6.70. The molecule has 1 amide bonds. The maximum Gasteiger partial charge on any atom is 0.387 e. The van der Waals surface area contributed by atoms with Crippen LogP contribution in [0.1, 0.15) is 15.9 Å². The van der Waals surface area contributed by atoms with Crippen LogP contribution in [0.2, 0.25) is 5.02 Å². The monoisotopic (exact) mass is 411 g/mol. The van der Waals surface area contributed by atoms with Crippen LogP contribution in [0, 0.1) is 6.92 Å². The Bertz CT molecular complexity index is 816. The van der Waals surface area contributed by atoms with E-state index in [1.807, 2.05) is 13.0 Å². The molecule has 1 aliphatic heterocycles. The molecule has 2 aromatic carbocycles. The first kappa shape index (κ1) is 20.4. The van der Waals surface area contributed by atoms with Gasteiger partial charge in [-0.05, 0) is 55.0 Å². The van der Waals surface area contributed by atoms with E-state index in [1.54, 1.807) is 17.0 Å². The van der Waals surface area contributed by atoms with Crippen LogP contribution in [0.3, 0.4) is 0 Å². The highest BCUT2D eigenvalue weighted by Crippen LogP contribution is 2.22. The van der Waals surface area contributed by atoms with Crippen molar-refractivity contribution in [2.24, 2.45) is 0 Å². The fourth-order valence-corrected chi connectivity index (χ4v) is 2.98. The van der Waals surface area contributed by atoms with Gasteiger partial charge in [0.15, 0.2) is 0 Å². The van der Waals surface area contributed by atoms with E-state index in [9.17, 15) is 13.6 Å². The van der Waals surface area contributed by atoms with Crippen molar-refractivity contribution in [1.82, 2.24) is 4.90 Å². The summed E-state index contributed by atoms with van der Waals surface area (Å²) in [7, 11) is 0. The van der Waals surface area contributed by atoms with Crippen molar-refractivity contribution >= 4 is 17.5 Å². The van der Waals surface area contributed by atoms with Gasteiger partial charge >= 0.3 is 6.61 Å². The second kappa shape index (κ2) is 9.21. The van der Waals surface area contributed by atoms with Gasteiger partial charge in [0.1, 0.15) is 24.2 Å². The fourth-order valence-electron chi connectivity index (χ4n) is 2.86. The average molecular weight is 412 g/mol. The van der Waals surface area contributed by atoms with E-state index in [0.717, 1.165) is 5.56 Å². The molecule has 1 aliphatic rings. The predicted molar refractivity (Wildman–Crippen MR) is 100 cm³/mol. The maximum absolute atomic E-state index is 12.7. The molecule has 3 rings (SSSR count). The Labute approximate surface area is 166 Å². The van der Waals surface area contributed by atoms with Gasteiger partial charge in [-0.2, -0.15) is 8.78 Å². The van der Waals surface area contributed by atoms with Gasteiger partial charge in [0.05, 0.1) is 13.2 Å². The molecule has 0 spiro atoms. The van der Waals surface area contributed by atoms with Crippen molar-refractivity contribution in [2.45, 2.75) is 19.6 Å². The number of carbonyl (C=O) groups excluding carboxylic acids is 1. The van der Waals surface area contributed by atoms with E-state index in [4.69, 9.17) is 21.1 Å². The van der Waals surface area contributed by atoms with E-state index in [2.05, 4.69) is 4.74 Å². The van der Waals surface area contributed by atoms with Gasteiger partial charge in [-0.1, -0.05) is 11.6 Å². The molecule has 0 radical (unpaired) electrons. The molecule has 0 aromatic heterocycles. The maximum atomic E-state index is 12.7. The van der Waals surface area contributed by atoms with Gasteiger partial charge in [0.2, 0.25) is 0 Å². The van der Waals surface area contributed by atoms with Crippen molar-refractivity contribution < 1.29 is 27.8 Å². The summed E-state index contributed by atoms with van der Waals surface area (Å²) in [5.41, 5.74) is 1.32. The van der Waals surface area contributed by atoms with Crippen LogP contribution in [0.15, 0.2) is 42.5 Å². The van der Waals surface area contributed by atoms with Crippen LogP contribution >= 0.6 is 11.6 Å². The van der Waals surface area contributed by atoms with Crippen LogP contribution in [-0.4, -0.2) is 49.8 Å². The molecule has 1 unspecified atom stereocenters. The molecular formula is C20H20ClF2NO4. The molecule has 1 heterocycles. The molecule has 0 aliphatic carbocycles. The summed E-state index contributed by atoms with van der Waals surface area (Å²) in [6.07, 6.45) is -0.268. The third-order valence-electron chi connectivity index (χ3n) is 4.32. The first-order valence-electron chi connectivity index (χ1n) is 8.77. The topological polar surface area (TPSA) is 48.0 Å². The molecule has 1 saturated heterocycles.